The molecule has 0 atom stereocenters. The molecule has 2 rings (SSSR count). The van der Waals surface area contributed by atoms with Crippen LogP contribution in [-0.2, 0) is 4.79 Å². The van der Waals surface area contributed by atoms with E-state index in [1.165, 1.54) is 7.11 Å². The average molecular weight is 328 g/mol. The highest BCUT2D eigenvalue weighted by molar-refractivity contribution is 5.97. The van der Waals surface area contributed by atoms with Gasteiger partial charge < -0.3 is 20.1 Å². The molecule has 2 aromatic carbocycles. The molecular weight excluding hydrogens is 308 g/mol. The van der Waals surface area contributed by atoms with Gasteiger partial charge in [0.05, 0.1) is 25.8 Å². The fourth-order valence-electron chi connectivity index (χ4n) is 2.07. The molecule has 0 aliphatic heterocycles. The van der Waals surface area contributed by atoms with Crippen molar-refractivity contribution in [1.29, 1.82) is 0 Å². The monoisotopic (exact) mass is 328 g/mol. The molecule has 2 aromatic rings. The van der Waals surface area contributed by atoms with Crippen LogP contribution in [0.2, 0.25) is 0 Å². The molecule has 0 bridgehead atoms. The molecule has 0 aliphatic rings. The smallest absolute Gasteiger partial charge is 0.251 e. The van der Waals surface area contributed by atoms with Gasteiger partial charge in [-0.2, -0.15) is 0 Å². The SMILES string of the molecule is CNC(=O)c1ccc(NC(=O)CCOc2ccccc2)c(OC)c1. The van der Waals surface area contributed by atoms with Crippen LogP contribution in [-0.4, -0.2) is 32.6 Å². The maximum absolute atomic E-state index is 12.0. The number of nitrogens with one attached hydrogen (secondary N) is 2. The number of hydrogen-bond donors (Lipinski definition) is 2. The van der Waals surface area contributed by atoms with E-state index in [4.69, 9.17) is 9.47 Å². The number of para-hydroxylation sites is 1. The molecule has 0 fully saturated rings. The zero-order chi connectivity index (χ0) is 17.4. The highest BCUT2D eigenvalue weighted by atomic mass is 16.5. The van der Waals surface area contributed by atoms with E-state index in [0.29, 0.717) is 17.0 Å². The lowest BCUT2D eigenvalue weighted by atomic mass is 10.1. The zero-order valence-corrected chi connectivity index (χ0v) is 13.7. The summed E-state index contributed by atoms with van der Waals surface area (Å²) in [5, 5.41) is 5.29. The predicted molar refractivity (Wildman–Crippen MR) is 91.6 cm³/mol. The predicted octanol–water partition coefficient (Wildman–Crippen LogP) is 2.46. The number of carbonyl (C=O) groups is 2. The van der Waals surface area contributed by atoms with E-state index in [0.717, 1.165) is 5.75 Å². The Morgan fingerprint density at radius 3 is 2.50 bits per heavy atom. The van der Waals surface area contributed by atoms with Crippen LogP contribution < -0.4 is 20.1 Å². The van der Waals surface area contributed by atoms with Gasteiger partial charge in [-0.1, -0.05) is 18.2 Å². The summed E-state index contributed by atoms with van der Waals surface area (Å²) in [5.41, 5.74) is 0.967. The minimum Gasteiger partial charge on any atom is -0.495 e. The van der Waals surface area contributed by atoms with Gasteiger partial charge in [0.1, 0.15) is 11.5 Å². The highest BCUT2D eigenvalue weighted by Crippen LogP contribution is 2.25. The Morgan fingerprint density at radius 2 is 1.83 bits per heavy atom. The van der Waals surface area contributed by atoms with Crippen LogP contribution >= 0.6 is 0 Å². The Kier molecular flexibility index (Phi) is 6.19. The molecule has 0 spiro atoms. The summed E-state index contributed by atoms with van der Waals surface area (Å²) in [6.45, 7) is 0.272. The Labute approximate surface area is 140 Å². The summed E-state index contributed by atoms with van der Waals surface area (Å²) in [6.07, 6.45) is 0.204. The van der Waals surface area contributed by atoms with Crippen molar-refractivity contribution in [3.63, 3.8) is 0 Å². The first kappa shape index (κ1) is 17.3. The summed E-state index contributed by atoms with van der Waals surface area (Å²) >= 11 is 0. The van der Waals surface area contributed by atoms with Gasteiger partial charge in [-0.3, -0.25) is 9.59 Å². The third-order valence-electron chi connectivity index (χ3n) is 3.31. The lowest BCUT2D eigenvalue weighted by Crippen LogP contribution is -2.19. The van der Waals surface area contributed by atoms with Crippen LogP contribution in [0, 0.1) is 0 Å². The number of methoxy groups -OCH3 is 1. The van der Waals surface area contributed by atoms with Crippen LogP contribution in [0.3, 0.4) is 0 Å². The number of ether oxygens (including phenoxy) is 2. The Bertz CT molecular complexity index is 701. The lowest BCUT2D eigenvalue weighted by molar-refractivity contribution is -0.116. The Morgan fingerprint density at radius 1 is 1.08 bits per heavy atom. The summed E-state index contributed by atoms with van der Waals surface area (Å²) in [7, 11) is 3.04. The van der Waals surface area contributed by atoms with E-state index in [-0.39, 0.29) is 24.8 Å². The minimum atomic E-state index is -0.220. The first-order chi connectivity index (χ1) is 11.6. The maximum atomic E-state index is 12.0. The van der Waals surface area contributed by atoms with Crippen molar-refractivity contribution in [1.82, 2.24) is 5.32 Å². The summed E-state index contributed by atoms with van der Waals surface area (Å²) in [4.78, 5) is 23.6. The molecular formula is C18H20N2O4. The van der Waals surface area contributed by atoms with Gasteiger partial charge in [0.2, 0.25) is 5.91 Å². The van der Waals surface area contributed by atoms with Crippen molar-refractivity contribution in [2.75, 3.05) is 26.1 Å². The quantitative estimate of drug-likeness (QED) is 0.818. The van der Waals surface area contributed by atoms with E-state index in [2.05, 4.69) is 10.6 Å². The van der Waals surface area contributed by atoms with Crippen molar-refractivity contribution in [2.24, 2.45) is 0 Å². The molecule has 2 N–H and O–H groups in total. The normalized spacial score (nSPS) is 9.92. The van der Waals surface area contributed by atoms with Gasteiger partial charge in [-0.05, 0) is 30.3 Å². The van der Waals surface area contributed by atoms with E-state index in [1.54, 1.807) is 25.2 Å². The number of hydrogen-bond acceptors (Lipinski definition) is 4. The molecule has 0 unspecified atom stereocenters. The Hall–Kier alpha value is -3.02. The van der Waals surface area contributed by atoms with Crippen molar-refractivity contribution < 1.29 is 19.1 Å². The van der Waals surface area contributed by atoms with Gasteiger partial charge in [0.25, 0.3) is 5.91 Å². The van der Waals surface area contributed by atoms with Crippen molar-refractivity contribution in [2.45, 2.75) is 6.42 Å². The second kappa shape index (κ2) is 8.57. The maximum Gasteiger partial charge on any atom is 0.251 e. The van der Waals surface area contributed by atoms with Crippen LogP contribution in [0.15, 0.2) is 48.5 Å². The van der Waals surface area contributed by atoms with Gasteiger partial charge in [-0.15, -0.1) is 0 Å². The summed E-state index contributed by atoms with van der Waals surface area (Å²) in [5.74, 6) is 0.727. The standard InChI is InChI=1S/C18H20N2O4/c1-19-18(22)13-8-9-15(16(12-13)23-2)20-17(21)10-11-24-14-6-4-3-5-7-14/h3-9,12H,10-11H2,1-2H3,(H,19,22)(H,20,21). The van der Waals surface area contributed by atoms with E-state index < -0.39 is 0 Å². The number of rotatable bonds is 7. The molecule has 0 heterocycles. The first-order valence-corrected chi connectivity index (χ1v) is 7.52. The molecule has 0 radical (unpaired) electrons. The molecule has 0 aromatic heterocycles. The van der Waals surface area contributed by atoms with Crippen molar-refractivity contribution >= 4 is 17.5 Å². The fraction of sp³-hybridized carbons (Fsp3) is 0.222. The number of anilines is 1. The molecule has 6 nitrogen and oxygen atoms in total. The molecule has 6 heteroatoms. The second-order valence-electron chi connectivity index (χ2n) is 4.95. The van der Waals surface area contributed by atoms with Crippen LogP contribution in [0.4, 0.5) is 5.69 Å². The third-order valence-corrected chi connectivity index (χ3v) is 3.31. The van der Waals surface area contributed by atoms with Gasteiger partial charge in [0, 0.05) is 12.6 Å². The van der Waals surface area contributed by atoms with Gasteiger partial charge in [-0.25, -0.2) is 0 Å². The van der Waals surface area contributed by atoms with E-state index in [1.807, 2.05) is 30.3 Å². The van der Waals surface area contributed by atoms with Crippen LogP contribution in [0.25, 0.3) is 0 Å². The summed E-state index contributed by atoms with van der Waals surface area (Å²) in [6, 6.07) is 14.1. The van der Waals surface area contributed by atoms with Crippen LogP contribution in [0.5, 0.6) is 11.5 Å². The number of benzene rings is 2. The van der Waals surface area contributed by atoms with E-state index >= 15 is 0 Å². The topological polar surface area (TPSA) is 76.7 Å². The molecule has 24 heavy (non-hydrogen) atoms. The zero-order valence-electron chi connectivity index (χ0n) is 13.7. The molecule has 0 saturated carbocycles. The second-order valence-corrected chi connectivity index (χ2v) is 4.95. The van der Waals surface area contributed by atoms with E-state index in [9.17, 15) is 9.59 Å². The average Bonchev–Trinajstić information content (AvgIpc) is 2.62. The number of carbonyl (C=O) groups excluding carboxylic acids is 2. The highest BCUT2D eigenvalue weighted by Gasteiger charge is 2.11. The molecule has 126 valence electrons. The summed E-state index contributed by atoms with van der Waals surface area (Å²) < 4.78 is 10.7. The molecule has 0 saturated heterocycles. The molecule has 2 amide bonds. The number of amides is 2. The lowest BCUT2D eigenvalue weighted by Gasteiger charge is -2.12. The minimum absolute atomic E-state index is 0.197. The van der Waals surface area contributed by atoms with Crippen molar-refractivity contribution in [3.05, 3.63) is 54.1 Å². The fourth-order valence-corrected chi connectivity index (χ4v) is 2.07. The van der Waals surface area contributed by atoms with Gasteiger partial charge in [0.15, 0.2) is 0 Å². The largest absolute Gasteiger partial charge is 0.495 e. The van der Waals surface area contributed by atoms with Crippen LogP contribution in [0.1, 0.15) is 16.8 Å². The Balaban J connectivity index is 1.92. The van der Waals surface area contributed by atoms with Crippen molar-refractivity contribution in [3.8, 4) is 11.5 Å². The molecule has 0 aliphatic carbocycles. The first-order valence-electron chi connectivity index (χ1n) is 7.52. The third kappa shape index (κ3) is 4.74. The van der Waals surface area contributed by atoms with Gasteiger partial charge >= 0.3 is 0 Å².